The van der Waals surface area contributed by atoms with Gasteiger partial charge in [-0.3, -0.25) is 8.75 Å². The number of thioether (sulfide) groups is 1. The Bertz CT molecular complexity index is 680. The molecule has 21 heavy (non-hydrogen) atoms. The van der Waals surface area contributed by atoms with E-state index in [9.17, 15) is 22.7 Å². The third-order valence-electron chi connectivity index (χ3n) is 2.86. The van der Waals surface area contributed by atoms with Crippen molar-refractivity contribution in [1.29, 1.82) is 0 Å². The number of aliphatic hydroxyl groups is 1. The van der Waals surface area contributed by atoms with Crippen LogP contribution in [0.4, 0.5) is 10.2 Å². The van der Waals surface area contributed by atoms with Crippen LogP contribution in [-0.4, -0.2) is 53.5 Å². The zero-order chi connectivity index (χ0) is 15.8. The molecule has 0 spiro atoms. The fraction of sp³-hybridized carbons (Fsp3) is 0.600. The van der Waals surface area contributed by atoms with Gasteiger partial charge in [0.15, 0.2) is 6.17 Å². The van der Waals surface area contributed by atoms with Crippen molar-refractivity contribution in [3.63, 3.8) is 0 Å². The SMILES string of the molecule is CS(=O)(=O)O[C@H]1[C@H](F)[C@H](n2ccc(N)nc2=O)S[C@@H]1CO. The average Bonchev–Trinajstić information content (AvgIpc) is 2.65. The molecule has 1 saturated heterocycles. The highest BCUT2D eigenvalue weighted by Crippen LogP contribution is 2.44. The molecule has 0 saturated carbocycles. The Morgan fingerprint density at radius 2 is 2.29 bits per heavy atom. The molecule has 11 heteroatoms. The average molecular weight is 339 g/mol. The second kappa shape index (κ2) is 5.91. The van der Waals surface area contributed by atoms with Crippen LogP contribution in [0.5, 0.6) is 0 Å². The number of anilines is 1. The summed E-state index contributed by atoms with van der Waals surface area (Å²) in [5.74, 6) is -0.00250. The lowest BCUT2D eigenvalue weighted by Crippen LogP contribution is -2.36. The van der Waals surface area contributed by atoms with Crippen LogP contribution in [-0.2, 0) is 14.3 Å². The fourth-order valence-electron chi connectivity index (χ4n) is 2.00. The van der Waals surface area contributed by atoms with E-state index in [0.29, 0.717) is 0 Å². The predicted octanol–water partition coefficient (Wildman–Crippen LogP) is -0.885. The molecule has 1 aliphatic rings. The zero-order valence-corrected chi connectivity index (χ0v) is 12.6. The molecule has 1 aromatic rings. The molecule has 0 bridgehead atoms. The highest BCUT2D eigenvalue weighted by atomic mass is 32.2. The van der Waals surface area contributed by atoms with E-state index in [-0.39, 0.29) is 5.82 Å². The normalized spacial score (nSPS) is 29.7. The maximum Gasteiger partial charge on any atom is 0.350 e. The van der Waals surface area contributed by atoms with Crippen LogP contribution in [0.3, 0.4) is 0 Å². The van der Waals surface area contributed by atoms with Crippen LogP contribution in [0.15, 0.2) is 17.1 Å². The molecule has 0 aliphatic carbocycles. The molecule has 0 aromatic carbocycles. The summed E-state index contributed by atoms with van der Waals surface area (Å²) in [6.45, 7) is -0.487. The summed E-state index contributed by atoms with van der Waals surface area (Å²) in [4.78, 5) is 15.2. The van der Waals surface area contributed by atoms with Gasteiger partial charge in [-0.05, 0) is 6.07 Å². The van der Waals surface area contributed by atoms with E-state index in [1.807, 2.05) is 0 Å². The summed E-state index contributed by atoms with van der Waals surface area (Å²) in [6.07, 6.45) is -1.11. The predicted molar refractivity (Wildman–Crippen MR) is 75.0 cm³/mol. The van der Waals surface area contributed by atoms with Gasteiger partial charge in [0.25, 0.3) is 10.1 Å². The first-order valence-electron chi connectivity index (χ1n) is 5.86. The number of nitrogens with two attached hydrogens (primary N) is 1. The lowest BCUT2D eigenvalue weighted by Gasteiger charge is -2.18. The zero-order valence-electron chi connectivity index (χ0n) is 10.9. The second-order valence-electron chi connectivity index (χ2n) is 4.50. The molecule has 0 radical (unpaired) electrons. The van der Waals surface area contributed by atoms with Crippen molar-refractivity contribution in [1.82, 2.24) is 9.55 Å². The van der Waals surface area contributed by atoms with E-state index in [2.05, 4.69) is 9.17 Å². The third kappa shape index (κ3) is 3.54. The quantitative estimate of drug-likeness (QED) is 0.677. The number of hydrogen-bond acceptors (Lipinski definition) is 8. The summed E-state index contributed by atoms with van der Waals surface area (Å²) < 4.78 is 42.5. The molecule has 1 aliphatic heterocycles. The summed E-state index contributed by atoms with van der Waals surface area (Å²) in [5, 5.41) is 7.38. The van der Waals surface area contributed by atoms with Crippen LogP contribution in [0, 0.1) is 0 Å². The van der Waals surface area contributed by atoms with Crippen LogP contribution in [0.25, 0.3) is 0 Å². The largest absolute Gasteiger partial charge is 0.395 e. The van der Waals surface area contributed by atoms with Gasteiger partial charge in [0.1, 0.15) is 17.3 Å². The molecular formula is C10H14FN3O5S2. The fourth-order valence-corrected chi connectivity index (χ4v) is 4.12. The van der Waals surface area contributed by atoms with Gasteiger partial charge in [-0.2, -0.15) is 13.4 Å². The summed E-state index contributed by atoms with van der Waals surface area (Å²) in [7, 11) is -3.89. The monoisotopic (exact) mass is 339 g/mol. The smallest absolute Gasteiger partial charge is 0.350 e. The molecule has 0 unspecified atom stereocenters. The van der Waals surface area contributed by atoms with Crippen molar-refractivity contribution in [2.75, 3.05) is 18.6 Å². The number of aromatic nitrogens is 2. The maximum atomic E-state index is 14.4. The van der Waals surface area contributed by atoms with E-state index in [0.717, 1.165) is 22.6 Å². The van der Waals surface area contributed by atoms with Gasteiger partial charge in [-0.25, -0.2) is 9.18 Å². The Hall–Kier alpha value is -1.17. The molecule has 1 aromatic heterocycles. The molecule has 8 nitrogen and oxygen atoms in total. The maximum absolute atomic E-state index is 14.4. The number of halogens is 1. The third-order valence-corrected chi connectivity index (χ3v) is 4.96. The van der Waals surface area contributed by atoms with Crippen LogP contribution in [0.2, 0.25) is 0 Å². The Morgan fingerprint density at radius 1 is 1.62 bits per heavy atom. The number of alkyl halides is 1. The van der Waals surface area contributed by atoms with Crippen molar-refractivity contribution in [2.45, 2.75) is 22.9 Å². The topological polar surface area (TPSA) is 125 Å². The van der Waals surface area contributed by atoms with Crippen LogP contribution >= 0.6 is 11.8 Å². The molecular weight excluding hydrogens is 325 g/mol. The van der Waals surface area contributed by atoms with Crippen molar-refractivity contribution >= 4 is 27.7 Å². The van der Waals surface area contributed by atoms with Gasteiger partial charge in [-0.1, -0.05) is 0 Å². The van der Waals surface area contributed by atoms with Gasteiger partial charge < -0.3 is 10.8 Å². The highest BCUT2D eigenvalue weighted by Gasteiger charge is 2.48. The van der Waals surface area contributed by atoms with E-state index in [1.54, 1.807) is 0 Å². The number of nitrogen functional groups attached to an aromatic ring is 1. The highest BCUT2D eigenvalue weighted by molar-refractivity contribution is 8.00. The first-order valence-corrected chi connectivity index (χ1v) is 8.62. The Morgan fingerprint density at radius 3 is 2.81 bits per heavy atom. The lowest BCUT2D eigenvalue weighted by molar-refractivity contribution is 0.0883. The first kappa shape index (κ1) is 16.2. The van der Waals surface area contributed by atoms with Crippen LogP contribution < -0.4 is 11.4 Å². The molecule has 0 amide bonds. The van der Waals surface area contributed by atoms with E-state index >= 15 is 0 Å². The van der Waals surface area contributed by atoms with E-state index < -0.39 is 45.3 Å². The van der Waals surface area contributed by atoms with Crippen molar-refractivity contribution in [3.8, 4) is 0 Å². The minimum Gasteiger partial charge on any atom is -0.395 e. The standard InChI is InChI=1S/C10H14FN3O5S2/c1-21(17,18)19-8-5(4-15)20-9(7(8)11)14-3-2-6(12)13-10(14)16/h2-3,5,7-9,15H,4H2,1H3,(H2,12,13,16)/t5-,7+,8-,9-/m1/s1. The van der Waals surface area contributed by atoms with Gasteiger partial charge >= 0.3 is 5.69 Å². The Balaban J connectivity index is 2.33. The minimum absolute atomic E-state index is 0.00250. The van der Waals surface area contributed by atoms with Gasteiger partial charge in [0.05, 0.1) is 18.1 Å². The molecule has 118 valence electrons. The molecule has 2 rings (SSSR count). The number of hydrogen-bond donors (Lipinski definition) is 2. The van der Waals surface area contributed by atoms with Crippen molar-refractivity contribution in [3.05, 3.63) is 22.7 Å². The first-order chi connectivity index (χ1) is 9.73. The summed E-state index contributed by atoms with van der Waals surface area (Å²) in [5.41, 5.74) is 4.60. The molecule has 2 heterocycles. The molecule has 4 atom stereocenters. The van der Waals surface area contributed by atoms with Gasteiger partial charge in [0.2, 0.25) is 0 Å². The van der Waals surface area contributed by atoms with Crippen molar-refractivity contribution in [2.24, 2.45) is 0 Å². The van der Waals surface area contributed by atoms with Crippen LogP contribution in [0.1, 0.15) is 5.37 Å². The second-order valence-corrected chi connectivity index (χ2v) is 7.46. The number of rotatable bonds is 4. The lowest BCUT2D eigenvalue weighted by atomic mass is 10.1. The van der Waals surface area contributed by atoms with E-state index in [4.69, 9.17) is 5.73 Å². The number of aliphatic hydroxyl groups excluding tert-OH is 1. The molecule has 3 N–H and O–H groups in total. The minimum atomic E-state index is -3.89. The Labute approximate surface area is 124 Å². The van der Waals surface area contributed by atoms with Gasteiger partial charge in [0, 0.05) is 6.20 Å². The Kier molecular flexibility index (Phi) is 4.56. The summed E-state index contributed by atoms with van der Waals surface area (Å²) in [6, 6.07) is 1.33. The van der Waals surface area contributed by atoms with Gasteiger partial charge in [-0.15, -0.1) is 11.8 Å². The summed E-state index contributed by atoms with van der Waals surface area (Å²) >= 11 is 0.908. The molecule has 1 fully saturated rings. The van der Waals surface area contributed by atoms with E-state index in [1.165, 1.54) is 12.3 Å². The number of nitrogens with zero attached hydrogens (tertiary/aromatic N) is 2. The van der Waals surface area contributed by atoms with Crippen molar-refractivity contribution < 1.29 is 22.1 Å².